The molecule has 2 aromatic heterocycles. The summed E-state index contributed by atoms with van der Waals surface area (Å²) in [6, 6.07) is 0. The predicted molar refractivity (Wildman–Crippen MR) is 66.2 cm³/mol. The van der Waals surface area contributed by atoms with E-state index in [9.17, 15) is 4.79 Å². The van der Waals surface area contributed by atoms with Crippen molar-refractivity contribution in [1.29, 1.82) is 0 Å². The highest BCUT2D eigenvalue weighted by Crippen LogP contribution is 2.45. The molecule has 0 saturated heterocycles. The van der Waals surface area contributed by atoms with Crippen LogP contribution in [0.25, 0.3) is 10.2 Å². The van der Waals surface area contributed by atoms with Crippen molar-refractivity contribution in [2.24, 2.45) is 7.05 Å². The maximum Gasteiger partial charge on any atom is 0.262 e. The van der Waals surface area contributed by atoms with E-state index in [1.165, 1.54) is 10.4 Å². The molecule has 0 aromatic carbocycles. The minimum absolute atomic E-state index is 0.0949. The van der Waals surface area contributed by atoms with Crippen LogP contribution in [0.5, 0.6) is 0 Å². The van der Waals surface area contributed by atoms with E-state index in [2.05, 4.69) is 18.8 Å². The zero-order valence-electron chi connectivity index (χ0n) is 9.70. The lowest BCUT2D eigenvalue weighted by Crippen LogP contribution is -2.20. The van der Waals surface area contributed by atoms with Crippen molar-refractivity contribution in [1.82, 2.24) is 9.55 Å². The second-order valence-electron chi connectivity index (χ2n) is 5.12. The summed E-state index contributed by atoms with van der Waals surface area (Å²) >= 11 is 1.69. The van der Waals surface area contributed by atoms with Gasteiger partial charge in [-0.3, -0.25) is 4.79 Å². The second-order valence-corrected chi connectivity index (χ2v) is 6.21. The molecule has 3 rings (SSSR count). The molecule has 0 N–H and O–H groups in total. The molecule has 0 saturated carbocycles. The highest BCUT2D eigenvalue weighted by molar-refractivity contribution is 7.18. The number of hydrogen-bond donors (Lipinski definition) is 0. The smallest absolute Gasteiger partial charge is 0.262 e. The molecule has 2 heterocycles. The van der Waals surface area contributed by atoms with Crippen LogP contribution in [0.2, 0.25) is 0 Å². The van der Waals surface area contributed by atoms with E-state index in [0.29, 0.717) is 0 Å². The Kier molecular flexibility index (Phi) is 1.84. The fourth-order valence-electron chi connectivity index (χ4n) is 2.57. The van der Waals surface area contributed by atoms with Gasteiger partial charge in [0, 0.05) is 11.9 Å². The summed E-state index contributed by atoms with van der Waals surface area (Å²) in [6.45, 7) is 4.44. The highest BCUT2D eigenvalue weighted by Gasteiger charge is 2.35. The molecule has 4 heteroatoms. The molecule has 0 fully saturated rings. The van der Waals surface area contributed by atoms with Crippen molar-refractivity contribution in [2.45, 2.75) is 32.1 Å². The fourth-order valence-corrected chi connectivity index (χ4v) is 3.87. The van der Waals surface area contributed by atoms with E-state index in [-0.39, 0.29) is 11.0 Å². The second kappa shape index (κ2) is 2.94. The van der Waals surface area contributed by atoms with Crippen molar-refractivity contribution in [2.75, 3.05) is 0 Å². The molecular weight excluding hydrogens is 220 g/mol. The Balaban J connectivity index is 2.51. The van der Waals surface area contributed by atoms with Gasteiger partial charge in [0.15, 0.2) is 0 Å². The largest absolute Gasteiger partial charge is 0.302 e. The molecule has 0 amide bonds. The molecule has 0 atom stereocenters. The van der Waals surface area contributed by atoms with Crippen LogP contribution in [0.3, 0.4) is 0 Å². The summed E-state index contributed by atoms with van der Waals surface area (Å²) < 4.78 is 1.57. The van der Waals surface area contributed by atoms with E-state index in [0.717, 1.165) is 23.1 Å². The summed E-state index contributed by atoms with van der Waals surface area (Å²) in [5.41, 5.74) is 1.47. The summed E-state index contributed by atoms with van der Waals surface area (Å²) in [7, 11) is 1.76. The Labute approximate surface area is 97.7 Å². The van der Waals surface area contributed by atoms with Crippen molar-refractivity contribution in [3.63, 3.8) is 0 Å². The van der Waals surface area contributed by atoms with Crippen molar-refractivity contribution >= 4 is 21.6 Å². The normalized spacial score (nSPS) is 17.9. The van der Waals surface area contributed by atoms with Gasteiger partial charge in [0.05, 0.1) is 11.7 Å². The molecule has 0 unspecified atom stereocenters. The van der Waals surface area contributed by atoms with Crippen LogP contribution in [-0.2, 0) is 18.9 Å². The van der Waals surface area contributed by atoms with Crippen LogP contribution < -0.4 is 5.56 Å². The number of thiophene rings is 1. The molecule has 2 aromatic rings. The third-order valence-corrected chi connectivity index (χ3v) is 4.66. The van der Waals surface area contributed by atoms with Gasteiger partial charge in [0.2, 0.25) is 0 Å². The van der Waals surface area contributed by atoms with Gasteiger partial charge in [-0.25, -0.2) is 4.98 Å². The number of nitrogens with zero attached hydrogens (tertiary/aromatic N) is 2. The number of fused-ring (bicyclic) bond motifs is 3. The maximum atomic E-state index is 12.2. The molecule has 0 bridgehead atoms. The first-order chi connectivity index (χ1) is 7.50. The van der Waals surface area contributed by atoms with Crippen molar-refractivity contribution in [3.8, 4) is 0 Å². The van der Waals surface area contributed by atoms with Gasteiger partial charge >= 0.3 is 0 Å². The van der Waals surface area contributed by atoms with E-state index >= 15 is 0 Å². The van der Waals surface area contributed by atoms with Crippen molar-refractivity contribution in [3.05, 3.63) is 27.1 Å². The van der Waals surface area contributed by atoms with Crippen LogP contribution in [0.4, 0.5) is 0 Å². The molecule has 16 heavy (non-hydrogen) atoms. The maximum absolute atomic E-state index is 12.2. The average molecular weight is 234 g/mol. The molecular formula is C12H14N2OS. The van der Waals surface area contributed by atoms with Gasteiger partial charge in [-0.05, 0) is 23.8 Å². The van der Waals surface area contributed by atoms with Gasteiger partial charge in [0.25, 0.3) is 5.56 Å². The number of aryl methyl sites for hydroxylation is 2. The molecule has 84 valence electrons. The molecule has 1 aliphatic carbocycles. The Morgan fingerprint density at radius 1 is 1.50 bits per heavy atom. The minimum Gasteiger partial charge on any atom is -0.302 e. The zero-order valence-corrected chi connectivity index (χ0v) is 10.5. The third-order valence-electron chi connectivity index (χ3n) is 3.50. The van der Waals surface area contributed by atoms with Gasteiger partial charge in [0.1, 0.15) is 4.83 Å². The van der Waals surface area contributed by atoms with Gasteiger partial charge in [-0.2, -0.15) is 0 Å². The Hall–Kier alpha value is -1.16. The van der Waals surface area contributed by atoms with E-state index in [1.54, 1.807) is 29.3 Å². The lowest BCUT2D eigenvalue weighted by atomic mass is 9.86. The van der Waals surface area contributed by atoms with Crippen LogP contribution in [0, 0.1) is 0 Å². The van der Waals surface area contributed by atoms with Crippen LogP contribution in [0.15, 0.2) is 11.1 Å². The van der Waals surface area contributed by atoms with Crippen LogP contribution in [0.1, 0.15) is 30.7 Å². The van der Waals surface area contributed by atoms with Gasteiger partial charge in [-0.15, -0.1) is 11.3 Å². The predicted octanol–water partition coefficient (Wildman–Crippen LogP) is 2.22. The lowest BCUT2D eigenvalue weighted by molar-refractivity contribution is 0.525. The quantitative estimate of drug-likeness (QED) is 0.700. The SMILES string of the molecule is Cn1cnc2sc3c(c2c1=O)C(C)(C)CC3. The summed E-state index contributed by atoms with van der Waals surface area (Å²) in [5.74, 6) is 0. The van der Waals surface area contributed by atoms with E-state index < -0.39 is 0 Å². The van der Waals surface area contributed by atoms with Crippen LogP contribution in [-0.4, -0.2) is 9.55 Å². The zero-order chi connectivity index (χ0) is 11.5. The molecule has 0 spiro atoms. The summed E-state index contributed by atoms with van der Waals surface area (Å²) in [6.07, 6.45) is 3.85. The van der Waals surface area contributed by atoms with Gasteiger partial charge in [-0.1, -0.05) is 13.8 Å². The van der Waals surface area contributed by atoms with Crippen molar-refractivity contribution < 1.29 is 0 Å². The average Bonchev–Trinajstić information content (AvgIpc) is 2.72. The van der Waals surface area contributed by atoms with E-state index in [4.69, 9.17) is 0 Å². The van der Waals surface area contributed by atoms with E-state index in [1.807, 2.05) is 0 Å². The Morgan fingerprint density at radius 3 is 3.00 bits per heavy atom. The molecule has 0 radical (unpaired) electrons. The first-order valence-corrected chi connectivity index (χ1v) is 6.30. The molecule has 1 aliphatic rings. The fraction of sp³-hybridized carbons (Fsp3) is 0.500. The van der Waals surface area contributed by atoms with Gasteiger partial charge < -0.3 is 4.57 Å². The minimum atomic E-state index is 0.0949. The number of hydrogen-bond acceptors (Lipinski definition) is 3. The topological polar surface area (TPSA) is 34.9 Å². The number of aromatic nitrogens is 2. The van der Waals surface area contributed by atoms with Crippen LogP contribution >= 0.6 is 11.3 Å². The highest BCUT2D eigenvalue weighted by atomic mass is 32.1. The molecule has 3 nitrogen and oxygen atoms in total. The Morgan fingerprint density at radius 2 is 2.25 bits per heavy atom. The first kappa shape index (κ1) is 10.0. The molecule has 0 aliphatic heterocycles. The monoisotopic (exact) mass is 234 g/mol. The first-order valence-electron chi connectivity index (χ1n) is 5.48. The standard InChI is InChI=1S/C12H14N2OS/c1-12(2)5-4-7-9(12)8-10(16-7)13-6-14(3)11(8)15/h6H,4-5H2,1-3H3. The Bertz CT molecular complexity index is 636. The third kappa shape index (κ3) is 1.13. The number of rotatable bonds is 0. The lowest BCUT2D eigenvalue weighted by Gasteiger charge is -2.17. The summed E-state index contributed by atoms with van der Waals surface area (Å²) in [4.78, 5) is 18.8. The summed E-state index contributed by atoms with van der Waals surface area (Å²) in [5, 5.41) is 0.854.